The van der Waals surface area contributed by atoms with Gasteiger partial charge in [-0.15, -0.1) is 0 Å². The molecule has 7 heteroatoms. The Morgan fingerprint density at radius 3 is 2.22 bits per heavy atom. The second-order valence-electron chi connectivity index (χ2n) is 6.15. The molecule has 0 bridgehead atoms. The molecule has 0 spiro atoms. The Morgan fingerprint density at radius 2 is 1.59 bits per heavy atom. The molecule has 0 amide bonds. The topological polar surface area (TPSA) is 30.2 Å². The summed E-state index contributed by atoms with van der Waals surface area (Å²) < 4.78 is 42.4. The van der Waals surface area contributed by atoms with Crippen molar-refractivity contribution in [3.05, 3.63) is 76.4 Å². The molecule has 0 saturated heterocycles. The summed E-state index contributed by atoms with van der Waals surface area (Å²) in [5, 5.41) is 4.20. The van der Waals surface area contributed by atoms with Crippen LogP contribution in [0.15, 0.2) is 65.1 Å². The number of aryl methyl sites for hydroxylation is 1. The first-order valence-corrected chi connectivity index (χ1v) is 8.93. The normalized spacial score (nSPS) is 11.9. The predicted molar refractivity (Wildman–Crippen MR) is 101 cm³/mol. The van der Waals surface area contributed by atoms with Gasteiger partial charge in [-0.2, -0.15) is 18.3 Å². The van der Waals surface area contributed by atoms with Crippen molar-refractivity contribution in [3.63, 3.8) is 0 Å². The lowest BCUT2D eigenvalue weighted by atomic mass is 10.1. The summed E-state index contributed by atoms with van der Waals surface area (Å²) in [6.07, 6.45) is -4.57. The molecule has 136 valence electrons. The van der Waals surface area contributed by atoms with Gasteiger partial charge in [0, 0.05) is 11.1 Å². The fourth-order valence-electron chi connectivity index (χ4n) is 2.85. The average molecular weight is 432 g/mol. The number of rotatable bonds is 2. The van der Waals surface area contributed by atoms with Crippen molar-refractivity contribution in [3.8, 4) is 22.5 Å². The first-order chi connectivity index (χ1) is 12.8. The number of nitrogens with zero attached hydrogens (tertiary/aromatic N) is 3. The van der Waals surface area contributed by atoms with Gasteiger partial charge in [-0.25, -0.2) is 9.50 Å². The summed E-state index contributed by atoms with van der Waals surface area (Å²) in [5.74, 6) is 0. The van der Waals surface area contributed by atoms with E-state index >= 15 is 0 Å². The van der Waals surface area contributed by atoms with Crippen LogP contribution in [-0.2, 0) is 6.18 Å². The summed E-state index contributed by atoms with van der Waals surface area (Å²) in [4.78, 5) is 4.44. The molecule has 3 nitrogen and oxygen atoms in total. The van der Waals surface area contributed by atoms with Crippen LogP contribution in [0.2, 0.25) is 0 Å². The minimum Gasteiger partial charge on any atom is -0.227 e. The summed E-state index contributed by atoms with van der Waals surface area (Å²) >= 11 is 3.40. The van der Waals surface area contributed by atoms with Gasteiger partial charge < -0.3 is 0 Å². The van der Waals surface area contributed by atoms with Crippen LogP contribution in [-0.4, -0.2) is 14.6 Å². The van der Waals surface area contributed by atoms with E-state index < -0.39 is 11.9 Å². The van der Waals surface area contributed by atoms with E-state index in [1.807, 2.05) is 31.2 Å². The average Bonchev–Trinajstić information content (AvgIpc) is 2.98. The van der Waals surface area contributed by atoms with Crippen LogP contribution in [0.25, 0.3) is 28.2 Å². The molecule has 27 heavy (non-hydrogen) atoms. The Morgan fingerprint density at radius 1 is 0.926 bits per heavy atom. The molecule has 0 atom stereocenters. The molecular formula is C20H13BrF3N3. The molecule has 0 saturated carbocycles. The maximum Gasteiger partial charge on any atom is 0.433 e. The molecule has 0 aliphatic rings. The van der Waals surface area contributed by atoms with Crippen LogP contribution >= 0.6 is 15.9 Å². The zero-order chi connectivity index (χ0) is 19.2. The summed E-state index contributed by atoms with van der Waals surface area (Å²) in [5.41, 5.74) is 2.29. The van der Waals surface area contributed by atoms with Gasteiger partial charge in [0.15, 0.2) is 11.3 Å². The third-order valence-corrected chi connectivity index (χ3v) is 4.95. The van der Waals surface area contributed by atoms with Crippen LogP contribution < -0.4 is 0 Å². The highest BCUT2D eigenvalue weighted by atomic mass is 79.9. The number of aromatic nitrogens is 3. The lowest BCUT2D eigenvalue weighted by Gasteiger charge is -2.11. The molecule has 2 aromatic heterocycles. The number of hydrogen-bond acceptors (Lipinski definition) is 2. The Kier molecular flexibility index (Phi) is 4.26. The van der Waals surface area contributed by atoms with Crippen molar-refractivity contribution in [2.45, 2.75) is 13.1 Å². The minimum absolute atomic E-state index is 0.124. The number of alkyl halides is 3. The first kappa shape index (κ1) is 17.7. The maximum atomic E-state index is 13.7. The van der Waals surface area contributed by atoms with Crippen LogP contribution in [0.1, 0.15) is 11.3 Å². The molecule has 0 fully saturated rings. The SMILES string of the molecule is Cc1ccc(-c2nn3c(C(F)(F)F)cc(-c4ccccc4)nc3c2Br)cc1. The molecule has 0 N–H and O–H groups in total. The van der Waals surface area contributed by atoms with E-state index in [2.05, 4.69) is 26.0 Å². The highest BCUT2D eigenvalue weighted by Gasteiger charge is 2.36. The Labute approximate surface area is 161 Å². The monoisotopic (exact) mass is 431 g/mol. The fraction of sp³-hybridized carbons (Fsp3) is 0.100. The van der Waals surface area contributed by atoms with E-state index in [0.717, 1.165) is 16.1 Å². The summed E-state index contributed by atoms with van der Waals surface area (Å²) in [6, 6.07) is 17.2. The van der Waals surface area contributed by atoms with Gasteiger partial charge in [-0.05, 0) is 28.9 Å². The van der Waals surface area contributed by atoms with Crippen molar-refractivity contribution in [1.82, 2.24) is 14.6 Å². The van der Waals surface area contributed by atoms with E-state index in [1.165, 1.54) is 0 Å². The van der Waals surface area contributed by atoms with Crippen molar-refractivity contribution in [2.75, 3.05) is 0 Å². The largest absolute Gasteiger partial charge is 0.433 e. The Balaban J connectivity index is 2.01. The standard InChI is InChI=1S/C20H13BrF3N3/c1-12-7-9-14(10-8-12)18-17(21)19-25-15(13-5-3-2-4-6-13)11-16(20(22,23)24)27(19)26-18/h2-11H,1H3. The van der Waals surface area contributed by atoms with Crippen molar-refractivity contribution < 1.29 is 13.2 Å². The van der Waals surface area contributed by atoms with Gasteiger partial charge in [-0.1, -0.05) is 60.2 Å². The maximum absolute atomic E-state index is 13.7. The third-order valence-electron chi connectivity index (χ3n) is 4.22. The van der Waals surface area contributed by atoms with Crippen LogP contribution in [0, 0.1) is 6.92 Å². The molecule has 4 aromatic rings. The zero-order valence-electron chi connectivity index (χ0n) is 14.1. The molecule has 0 aliphatic carbocycles. The number of hydrogen-bond donors (Lipinski definition) is 0. The fourth-order valence-corrected chi connectivity index (χ4v) is 3.41. The Hall–Kier alpha value is -2.67. The van der Waals surface area contributed by atoms with E-state index in [4.69, 9.17) is 0 Å². The van der Waals surface area contributed by atoms with E-state index in [0.29, 0.717) is 21.3 Å². The van der Waals surface area contributed by atoms with Crippen LogP contribution in [0.4, 0.5) is 13.2 Å². The van der Waals surface area contributed by atoms with Crippen molar-refractivity contribution >= 4 is 21.6 Å². The summed E-state index contributed by atoms with van der Waals surface area (Å²) in [7, 11) is 0. The van der Waals surface area contributed by atoms with Crippen LogP contribution in [0.5, 0.6) is 0 Å². The zero-order valence-corrected chi connectivity index (χ0v) is 15.7. The van der Waals surface area contributed by atoms with E-state index in [9.17, 15) is 13.2 Å². The van der Waals surface area contributed by atoms with Gasteiger partial charge >= 0.3 is 6.18 Å². The van der Waals surface area contributed by atoms with Crippen molar-refractivity contribution in [2.24, 2.45) is 0 Å². The van der Waals surface area contributed by atoms with E-state index in [1.54, 1.807) is 30.3 Å². The van der Waals surface area contributed by atoms with Gasteiger partial charge in [0.1, 0.15) is 5.69 Å². The lowest BCUT2D eigenvalue weighted by Crippen LogP contribution is -2.13. The van der Waals surface area contributed by atoms with Gasteiger partial charge in [-0.3, -0.25) is 0 Å². The molecule has 4 rings (SSSR count). The minimum atomic E-state index is -4.57. The van der Waals surface area contributed by atoms with Gasteiger partial charge in [0.25, 0.3) is 0 Å². The Bertz CT molecular complexity index is 1120. The molecule has 0 radical (unpaired) electrons. The first-order valence-electron chi connectivity index (χ1n) is 8.13. The summed E-state index contributed by atoms with van der Waals surface area (Å²) in [6.45, 7) is 1.94. The second kappa shape index (κ2) is 6.49. The smallest absolute Gasteiger partial charge is 0.227 e. The van der Waals surface area contributed by atoms with Gasteiger partial charge in [0.2, 0.25) is 0 Å². The molecule has 0 aliphatic heterocycles. The quantitative estimate of drug-likeness (QED) is 0.380. The van der Waals surface area contributed by atoms with E-state index in [-0.39, 0.29) is 11.3 Å². The number of halogens is 4. The highest BCUT2D eigenvalue weighted by Crippen LogP contribution is 2.37. The number of benzene rings is 2. The highest BCUT2D eigenvalue weighted by molar-refractivity contribution is 9.10. The molecule has 2 heterocycles. The molecule has 2 aromatic carbocycles. The predicted octanol–water partition coefficient (Wildman–Crippen LogP) is 6.15. The molecular weight excluding hydrogens is 419 g/mol. The number of fused-ring (bicyclic) bond motifs is 1. The third kappa shape index (κ3) is 3.23. The second-order valence-corrected chi connectivity index (χ2v) is 6.95. The van der Waals surface area contributed by atoms with Gasteiger partial charge in [0.05, 0.1) is 10.2 Å². The van der Waals surface area contributed by atoms with Crippen molar-refractivity contribution in [1.29, 1.82) is 0 Å². The van der Waals surface area contributed by atoms with Crippen LogP contribution in [0.3, 0.4) is 0 Å². The lowest BCUT2D eigenvalue weighted by molar-refractivity contribution is -0.142. The molecule has 0 unspecified atom stereocenters.